The summed E-state index contributed by atoms with van der Waals surface area (Å²) in [4.78, 5) is 30.7. The molecule has 2 aromatic carbocycles. The molecule has 1 aliphatic rings. The third kappa shape index (κ3) is 6.26. The SMILES string of the molecule is COc1cc(-c2noc(C)n2)c(C(O)C(=O)N(CC(=O)O)C2CCCCC2)cc1OCc1ccccc1. The Morgan fingerprint density at radius 3 is 2.49 bits per heavy atom. The fourth-order valence-electron chi connectivity index (χ4n) is 4.63. The third-order valence-corrected chi connectivity index (χ3v) is 6.47. The number of aliphatic hydroxyl groups is 1. The number of hydrogen-bond acceptors (Lipinski definition) is 8. The summed E-state index contributed by atoms with van der Waals surface area (Å²) >= 11 is 0. The van der Waals surface area contributed by atoms with Crippen molar-refractivity contribution in [3.8, 4) is 22.9 Å². The number of carboxylic acids is 1. The van der Waals surface area contributed by atoms with Gasteiger partial charge in [-0.25, -0.2) is 0 Å². The van der Waals surface area contributed by atoms with Crippen LogP contribution in [0.15, 0.2) is 47.0 Å². The van der Waals surface area contributed by atoms with Crippen LogP contribution in [0.5, 0.6) is 11.5 Å². The number of aliphatic carboxylic acids is 1. The van der Waals surface area contributed by atoms with E-state index < -0.39 is 24.5 Å². The lowest BCUT2D eigenvalue weighted by atomic mass is 9.92. The van der Waals surface area contributed by atoms with Crippen molar-refractivity contribution in [1.82, 2.24) is 15.0 Å². The van der Waals surface area contributed by atoms with Gasteiger partial charge in [0.1, 0.15) is 13.2 Å². The van der Waals surface area contributed by atoms with Gasteiger partial charge in [-0.15, -0.1) is 0 Å². The highest BCUT2D eigenvalue weighted by Gasteiger charge is 2.34. The van der Waals surface area contributed by atoms with Gasteiger partial charge in [0.05, 0.1) is 7.11 Å². The Kier molecular flexibility index (Phi) is 8.39. The second-order valence-electron chi connectivity index (χ2n) is 9.06. The molecule has 4 rings (SSSR count). The predicted molar refractivity (Wildman–Crippen MR) is 133 cm³/mol. The maximum absolute atomic E-state index is 13.6. The molecule has 1 amide bonds. The number of ether oxygens (including phenoxy) is 2. The number of amides is 1. The van der Waals surface area contributed by atoms with Crippen LogP contribution in [0, 0.1) is 6.92 Å². The van der Waals surface area contributed by atoms with Crippen molar-refractivity contribution in [2.24, 2.45) is 0 Å². The number of hydrogen-bond donors (Lipinski definition) is 2. The fraction of sp³-hybridized carbons (Fsp3) is 0.407. The number of nitrogens with zero attached hydrogens (tertiary/aromatic N) is 3. The Bertz CT molecular complexity index is 1220. The Morgan fingerprint density at radius 2 is 1.86 bits per heavy atom. The minimum Gasteiger partial charge on any atom is -0.493 e. The molecule has 0 radical (unpaired) electrons. The van der Waals surface area contributed by atoms with Gasteiger partial charge in [-0.1, -0.05) is 54.8 Å². The van der Waals surface area contributed by atoms with E-state index in [9.17, 15) is 19.8 Å². The van der Waals surface area contributed by atoms with E-state index in [1.807, 2.05) is 30.3 Å². The minimum atomic E-state index is -1.68. The molecule has 1 heterocycles. The number of methoxy groups -OCH3 is 1. The van der Waals surface area contributed by atoms with Gasteiger partial charge in [-0.05, 0) is 30.5 Å². The summed E-state index contributed by atoms with van der Waals surface area (Å²) in [6.45, 7) is 1.36. The highest BCUT2D eigenvalue weighted by atomic mass is 16.5. The van der Waals surface area contributed by atoms with E-state index in [1.165, 1.54) is 18.1 Å². The van der Waals surface area contributed by atoms with Crippen LogP contribution in [0.1, 0.15) is 55.2 Å². The van der Waals surface area contributed by atoms with Crippen molar-refractivity contribution in [2.45, 2.75) is 57.8 Å². The van der Waals surface area contributed by atoms with Gasteiger partial charge in [0.15, 0.2) is 17.6 Å². The van der Waals surface area contributed by atoms with Crippen molar-refractivity contribution in [1.29, 1.82) is 0 Å². The molecule has 1 aliphatic carbocycles. The highest BCUT2D eigenvalue weighted by molar-refractivity contribution is 5.88. The second kappa shape index (κ2) is 11.9. The van der Waals surface area contributed by atoms with Crippen LogP contribution in [0.4, 0.5) is 0 Å². The zero-order chi connectivity index (χ0) is 26.4. The number of rotatable bonds is 10. The molecular weight excluding hydrogens is 478 g/mol. The van der Waals surface area contributed by atoms with E-state index in [2.05, 4.69) is 10.1 Å². The van der Waals surface area contributed by atoms with Gasteiger partial charge in [-0.2, -0.15) is 4.98 Å². The molecule has 37 heavy (non-hydrogen) atoms. The molecule has 196 valence electrons. The van der Waals surface area contributed by atoms with Crippen LogP contribution >= 0.6 is 0 Å². The number of aryl methyl sites for hydroxylation is 1. The average molecular weight is 510 g/mol. The molecule has 1 saturated carbocycles. The largest absolute Gasteiger partial charge is 0.493 e. The van der Waals surface area contributed by atoms with Crippen molar-refractivity contribution < 1.29 is 33.8 Å². The minimum absolute atomic E-state index is 0.162. The predicted octanol–water partition coefficient (Wildman–Crippen LogP) is 3.91. The summed E-state index contributed by atoms with van der Waals surface area (Å²) in [5.74, 6) is -0.711. The van der Waals surface area contributed by atoms with Gasteiger partial charge in [0.25, 0.3) is 5.91 Å². The molecule has 0 saturated heterocycles. The second-order valence-corrected chi connectivity index (χ2v) is 9.06. The van der Waals surface area contributed by atoms with E-state index in [-0.39, 0.29) is 24.0 Å². The molecule has 0 bridgehead atoms. The number of benzene rings is 2. The van der Waals surface area contributed by atoms with Crippen LogP contribution in [-0.4, -0.2) is 56.8 Å². The smallest absolute Gasteiger partial charge is 0.323 e. The number of carboxylic acid groups (broad SMARTS) is 1. The molecule has 2 N–H and O–H groups in total. The van der Waals surface area contributed by atoms with Crippen molar-refractivity contribution in [3.63, 3.8) is 0 Å². The Hall–Kier alpha value is -3.92. The molecule has 1 fully saturated rings. The monoisotopic (exact) mass is 509 g/mol. The van der Waals surface area contributed by atoms with Crippen molar-refractivity contribution in [3.05, 3.63) is 59.5 Å². The third-order valence-electron chi connectivity index (χ3n) is 6.47. The Balaban J connectivity index is 1.73. The molecular formula is C27H31N3O7. The van der Waals surface area contributed by atoms with E-state index in [1.54, 1.807) is 13.0 Å². The lowest BCUT2D eigenvalue weighted by Gasteiger charge is -2.34. The first kappa shape index (κ1) is 26.2. The van der Waals surface area contributed by atoms with Crippen LogP contribution in [0.3, 0.4) is 0 Å². The quantitative estimate of drug-likeness (QED) is 0.417. The Labute approximate surface area is 214 Å². The molecule has 1 atom stereocenters. The van der Waals surface area contributed by atoms with E-state index in [4.69, 9.17) is 14.0 Å². The first-order valence-corrected chi connectivity index (χ1v) is 12.3. The van der Waals surface area contributed by atoms with Gasteiger partial charge in [0.2, 0.25) is 11.7 Å². The topological polar surface area (TPSA) is 135 Å². The summed E-state index contributed by atoms with van der Waals surface area (Å²) in [7, 11) is 1.48. The van der Waals surface area contributed by atoms with E-state index >= 15 is 0 Å². The average Bonchev–Trinajstić information content (AvgIpc) is 3.36. The first-order chi connectivity index (χ1) is 17.9. The molecule has 3 aromatic rings. The summed E-state index contributed by atoms with van der Waals surface area (Å²) in [6.07, 6.45) is 2.54. The van der Waals surface area contributed by atoms with Crippen molar-refractivity contribution in [2.75, 3.05) is 13.7 Å². The summed E-state index contributed by atoms with van der Waals surface area (Å²) in [5.41, 5.74) is 1.41. The highest BCUT2D eigenvalue weighted by Crippen LogP contribution is 2.39. The number of aliphatic hydroxyl groups excluding tert-OH is 1. The molecule has 10 nitrogen and oxygen atoms in total. The summed E-state index contributed by atoms with van der Waals surface area (Å²) < 4.78 is 16.7. The summed E-state index contributed by atoms with van der Waals surface area (Å²) in [6, 6.07) is 12.4. The van der Waals surface area contributed by atoms with Crippen LogP contribution in [0.25, 0.3) is 11.4 Å². The summed E-state index contributed by atoms with van der Waals surface area (Å²) in [5, 5.41) is 24.8. The number of carbonyl (C=O) groups excluding carboxylic acids is 1. The van der Waals surface area contributed by atoms with Gasteiger partial charge < -0.3 is 29.1 Å². The number of aromatic nitrogens is 2. The van der Waals surface area contributed by atoms with Crippen LogP contribution in [-0.2, 0) is 16.2 Å². The molecule has 0 aliphatic heterocycles. The maximum Gasteiger partial charge on any atom is 0.323 e. The van der Waals surface area contributed by atoms with Gasteiger partial charge in [0, 0.05) is 24.1 Å². The van der Waals surface area contributed by atoms with Gasteiger partial charge >= 0.3 is 5.97 Å². The Morgan fingerprint density at radius 1 is 1.14 bits per heavy atom. The van der Waals surface area contributed by atoms with E-state index in [0.29, 0.717) is 35.8 Å². The number of carbonyl (C=O) groups is 2. The molecule has 1 aromatic heterocycles. The van der Waals surface area contributed by atoms with Gasteiger partial charge in [-0.3, -0.25) is 9.59 Å². The zero-order valence-electron chi connectivity index (χ0n) is 20.9. The van der Waals surface area contributed by atoms with Crippen LogP contribution < -0.4 is 9.47 Å². The van der Waals surface area contributed by atoms with E-state index in [0.717, 1.165) is 24.8 Å². The standard InChI is InChI=1S/C27H31N3O7/c1-17-28-26(29-37-17)21-14-22(35-2)23(36-16-18-9-5-3-6-10-18)13-20(21)25(33)27(34)30(15-24(31)32)19-11-7-4-8-12-19/h3,5-6,9-10,13-14,19,25,33H,4,7-8,11-12,15-16H2,1-2H3,(H,31,32). The normalized spacial score (nSPS) is 14.7. The zero-order valence-corrected chi connectivity index (χ0v) is 20.9. The first-order valence-electron chi connectivity index (χ1n) is 12.3. The molecule has 10 heteroatoms. The molecule has 1 unspecified atom stereocenters. The van der Waals surface area contributed by atoms with Crippen molar-refractivity contribution >= 4 is 11.9 Å². The maximum atomic E-state index is 13.6. The van der Waals surface area contributed by atoms with Crippen LogP contribution in [0.2, 0.25) is 0 Å². The lowest BCUT2D eigenvalue weighted by molar-refractivity contribution is -0.151. The lowest BCUT2D eigenvalue weighted by Crippen LogP contribution is -2.46. The fourth-order valence-corrected chi connectivity index (χ4v) is 4.63. The molecule has 0 spiro atoms.